The summed E-state index contributed by atoms with van der Waals surface area (Å²) in [6.45, 7) is 4.09. The van der Waals surface area contributed by atoms with Gasteiger partial charge in [-0.05, 0) is 32.6 Å². The highest BCUT2D eigenvalue weighted by Crippen LogP contribution is 2.32. The molecule has 0 radical (unpaired) electrons. The van der Waals surface area contributed by atoms with Crippen molar-refractivity contribution in [3.05, 3.63) is 11.1 Å². The average molecular weight is 279 g/mol. The number of piperidine rings is 1. The van der Waals surface area contributed by atoms with Gasteiger partial charge in [-0.3, -0.25) is 4.79 Å². The second kappa shape index (κ2) is 5.12. The first-order valence-electron chi connectivity index (χ1n) is 7.09. The van der Waals surface area contributed by atoms with E-state index in [1.165, 1.54) is 4.88 Å². The van der Waals surface area contributed by atoms with E-state index < -0.39 is 0 Å². The number of amides is 1. The maximum absolute atomic E-state index is 12.1. The van der Waals surface area contributed by atoms with Gasteiger partial charge < -0.3 is 9.80 Å². The summed E-state index contributed by atoms with van der Waals surface area (Å²) in [6.07, 6.45) is 6.38. The van der Waals surface area contributed by atoms with Crippen molar-refractivity contribution in [1.29, 1.82) is 0 Å². The zero-order valence-electron chi connectivity index (χ0n) is 11.6. The lowest BCUT2D eigenvalue weighted by atomic mass is 10.0. The molecule has 0 spiro atoms. The first-order chi connectivity index (χ1) is 9.15. The second-order valence-corrected chi connectivity index (χ2v) is 6.93. The predicted molar refractivity (Wildman–Crippen MR) is 77.6 cm³/mol. The summed E-state index contributed by atoms with van der Waals surface area (Å²) in [7, 11) is 1.97. The SMILES string of the molecule is Cc1cnc(N2CCCC(N(C)C(=O)C3CC3)C2)s1. The van der Waals surface area contributed by atoms with Crippen LogP contribution in [0.5, 0.6) is 0 Å². The molecule has 1 saturated heterocycles. The third-order valence-corrected chi connectivity index (χ3v) is 5.07. The molecule has 0 N–H and O–H groups in total. The quantitative estimate of drug-likeness (QED) is 0.852. The lowest BCUT2D eigenvalue weighted by molar-refractivity contribution is -0.133. The van der Waals surface area contributed by atoms with Crippen LogP contribution in [0.3, 0.4) is 0 Å². The maximum Gasteiger partial charge on any atom is 0.225 e. The number of aryl methyl sites for hydroxylation is 1. The molecule has 1 aliphatic heterocycles. The van der Waals surface area contributed by atoms with Gasteiger partial charge in [-0.25, -0.2) is 4.98 Å². The number of thiazole rings is 1. The van der Waals surface area contributed by atoms with Crippen LogP contribution in [0.15, 0.2) is 6.20 Å². The number of rotatable bonds is 3. The number of anilines is 1. The van der Waals surface area contributed by atoms with Crippen molar-refractivity contribution in [2.75, 3.05) is 25.0 Å². The summed E-state index contributed by atoms with van der Waals surface area (Å²) >= 11 is 1.75. The number of carbonyl (C=O) groups is 1. The van der Waals surface area contributed by atoms with Crippen LogP contribution >= 0.6 is 11.3 Å². The Hall–Kier alpha value is -1.10. The molecule has 1 saturated carbocycles. The standard InChI is InChI=1S/C14H21N3OS/c1-10-8-15-14(19-10)17-7-3-4-12(9-17)16(2)13(18)11-5-6-11/h8,11-12H,3-7,9H2,1-2H3. The summed E-state index contributed by atoms with van der Waals surface area (Å²) in [5.74, 6) is 0.671. The Bertz CT molecular complexity index is 469. The van der Waals surface area contributed by atoms with Crippen LogP contribution in [-0.2, 0) is 4.79 Å². The summed E-state index contributed by atoms with van der Waals surface area (Å²) in [6, 6.07) is 0.353. The lowest BCUT2D eigenvalue weighted by Crippen LogP contribution is -2.49. The summed E-state index contributed by atoms with van der Waals surface area (Å²) in [5.41, 5.74) is 0. The highest BCUT2D eigenvalue weighted by atomic mass is 32.1. The van der Waals surface area contributed by atoms with Crippen molar-refractivity contribution >= 4 is 22.4 Å². The Morgan fingerprint density at radius 2 is 2.26 bits per heavy atom. The zero-order valence-corrected chi connectivity index (χ0v) is 12.4. The molecule has 1 aromatic rings. The lowest BCUT2D eigenvalue weighted by Gasteiger charge is -2.37. The second-order valence-electron chi connectivity index (χ2n) is 5.72. The molecule has 0 aromatic carbocycles. The number of nitrogens with zero attached hydrogens (tertiary/aromatic N) is 3. The Balaban J connectivity index is 1.65. The number of carbonyl (C=O) groups excluding carboxylic acids is 1. The topological polar surface area (TPSA) is 36.4 Å². The minimum Gasteiger partial charge on any atom is -0.346 e. The van der Waals surface area contributed by atoms with Crippen molar-refractivity contribution in [1.82, 2.24) is 9.88 Å². The monoisotopic (exact) mass is 279 g/mol. The Morgan fingerprint density at radius 3 is 2.89 bits per heavy atom. The summed E-state index contributed by atoms with van der Waals surface area (Å²) in [4.78, 5) is 22.2. The molecule has 0 bridgehead atoms. The van der Waals surface area contributed by atoms with Gasteiger partial charge in [0, 0.05) is 43.2 Å². The zero-order chi connectivity index (χ0) is 13.4. The van der Waals surface area contributed by atoms with Gasteiger partial charge in [-0.2, -0.15) is 0 Å². The molecule has 2 fully saturated rings. The van der Waals surface area contributed by atoms with E-state index in [0.717, 1.165) is 43.9 Å². The van der Waals surface area contributed by atoms with E-state index in [-0.39, 0.29) is 0 Å². The van der Waals surface area contributed by atoms with Crippen molar-refractivity contribution in [2.45, 2.75) is 38.6 Å². The van der Waals surface area contributed by atoms with E-state index in [4.69, 9.17) is 0 Å². The molecule has 2 aliphatic rings. The molecule has 5 heteroatoms. The third kappa shape index (κ3) is 2.76. The van der Waals surface area contributed by atoms with Crippen molar-refractivity contribution in [3.8, 4) is 0 Å². The van der Waals surface area contributed by atoms with Gasteiger partial charge in [-0.15, -0.1) is 11.3 Å². The van der Waals surface area contributed by atoms with E-state index in [2.05, 4.69) is 16.8 Å². The molecule has 4 nitrogen and oxygen atoms in total. The van der Waals surface area contributed by atoms with Gasteiger partial charge in [0.25, 0.3) is 0 Å². The van der Waals surface area contributed by atoms with Gasteiger partial charge in [0.05, 0.1) is 0 Å². The van der Waals surface area contributed by atoms with E-state index in [0.29, 0.717) is 17.9 Å². The molecule has 1 aliphatic carbocycles. The number of hydrogen-bond donors (Lipinski definition) is 0. The van der Waals surface area contributed by atoms with Crippen LogP contribution in [0.4, 0.5) is 5.13 Å². The Labute approximate surface area is 118 Å². The van der Waals surface area contributed by atoms with Crippen molar-refractivity contribution in [3.63, 3.8) is 0 Å². The fourth-order valence-corrected chi connectivity index (χ4v) is 3.53. The average Bonchev–Trinajstić information content (AvgIpc) is 3.19. The molecule has 1 atom stereocenters. The predicted octanol–water partition coefficient (Wildman–Crippen LogP) is 2.29. The van der Waals surface area contributed by atoms with E-state index in [9.17, 15) is 4.79 Å². The number of likely N-dealkylation sites (N-methyl/N-ethyl adjacent to an activating group) is 1. The smallest absolute Gasteiger partial charge is 0.225 e. The van der Waals surface area contributed by atoms with Crippen LogP contribution in [0, 0.1) is 12.8 Å². The van der Waals surface area contributed by atoms with Crippen molar-refractivity contribution in [2.24, 2.45) is 5.92 Å². The number of hydrogen-bond acceptors (Lipinski definition) is 4. The van der Waals surface area contributed by atoms with Gasteiger partial charge in [-0.1, -0.05) is 0 Å². The van der Waals surface area contributed by atoms with Crippen LogP contribution in [0.2, 0.25) is 0 Å². The first kappa shape index (κ1) is 12.9. The normalized spacial score (nSPS) is 23.5. The molecule has 1 amide bonds. The summed E-state index contributed by atoms with van der Waals surface area (Å²) in [5, 5.41) is 1.11. The van der Waals surface area contributed by atoms with E-state index >= 15 is 0 Å². The molecule has 1 unspecified atom stereocenters. The maximum atomic E-state index is 12.1. The van der Waals surface area contributed by atoms with Gasteiger partial charge >= 0.3 is 0 Å². The number of aromatic nitrogens is 1. The summed E-state index contributed by atoms with van der Waals surface area (Å²) < 4.78 is 0. The Kier molecular flexibility index (Phi) is 3.48. The Morgan fingerprint density at radius 1 is 1.47 bits per heavy atom. The van der Waals surface area contributed by atoms with Gasteiger partial charge in [0.2, 0.25) is 5.91 Å². The van der Waals surface area contributed by atoms with E-state index in [1.807, 2.05) is 18.1 Å². The van der Waals surface area contributed by atoms with Crippen LogP contribution < -0.4 is 4.90 Å². The minimum atomic E-state index is 0.322. The highest BCUT2D eigenvalue weighted by molar-refractivity contribution is 7.15. The molecule has 104 valence electrons. The molecule has 19 heavy (non-hydrogen) atoms. The van der Waals surface area contributed by atoms with E-state index in [1.54, 1.807) is 11.3 Å². The highest BCUT2D eigenvalue weighted by Gasteiger charge is 2.36. The molecular weight excluding hydrogens is 258 g/mol. The van der Waals surface area contributed by atoms with Crippen LogP contribution in [0.25, 0.3) is 0 Å². The fourth-order valence-electron chi connectivity index (χ4n) is 2.73. The molecule has 3 rings (SSSR count). The largest absolute Gasteiger partial charge is 0.346 e. The third-order valence-electron chi connectivity index (χ3n) is 4.10. The van der Waals surface area contributed by atoms with Crippen molar-refractivity contribution < 1.29 is 4.79 Å². The van der Waals surface area contributed by atoms with Crippen LogP contribution in [0.1, 0.15) is 30.6 Å². The molecular formula is C14H21N3OS. The molecule has 2 heterocycles. The first-order valence-corrected chi connectivity index (χ1v) is 7.91. The van der Waals surface area contributed by atoms with Gasteiger partial charge in [0.15, 0.2) is 5.13 Å². The van der Waals surface area contributed by atoms with Crippen LogP contribution in [-0.4, -0.2) is 42.0 Å². The fraction of sp³-hybridized carbons (Fsp3) is 0.714. The molecule has 1 aromatic heterocycles. The minimum absolute atomic E-state index is 0.322. The van der Waals surface area contributed by atoms with Gasteiger partial charge in [0.1, 0.15) is 0 Å².